The van der Waals surface area contributed by atoms with Crippen molar-refractivity contribution in [3.8, 4) is 0 Å². The van der Waals surface area contributed by atoms with Gasteiger partial charge in [-0.1, -0.05) is 0 Å². The molecular formula is C2H7O7P3. The van der Waals surface area contributed by atoms with Crippen molar-refractivity contribution in [2.24, 2.45) is 0 Å². The Morgan fingerprint density at radius 3 is 1.50 bits per heavy atom. The summed E-state index contributed by atoms with van der Waals surface area (Å²) in [4.78, 5) is 41.8. The highest BCUT2D eigenvalue weighted by atomic mass is 31.2. The molecule has 7 nitrogen and oxygen atoms in total. The van der Waals surface area contributed by atoms with Gasteiger partial charge >= 0.3 is 15.2 Å². The van der Waals surface area contributed by atoms with E-state index in [1.54, 1.807) is 0 Å². The molecule has 0 bridgehead atoms. The van der Waals surface area contributed by atoms with Gasteiger partial charge in [0, 0.05) is 8.81 Å². The number of rotatable bonds is 3. The fraction of sp³-hybridized carbons (Fsp3) is 0. The Bertz CT molecular complexity index is 244. The molecule has 0 spiro atoms. The van der Waals surface area contributed by atoms with Crippen LogP contribution in [0.5, 0.6) is 0 Å². The van der Waals surface area contributed by atoms with Crippen molar-refractivity contribution >= 4 is 24.0 Å². The van der Waals surface area contributed by atoms with Crippen LogP contribution in [-0.4, -0.2) is 24.5 Å². The lowest BCUT2D eigenvalue weighted by Crippen LogP contribution is -1.87. The van der Waals surface area contributed by atoms with Gasteiger partial charge in [-0.05, 0) is 5.82 Å². The second kappa shape index (κ2) is 4.09. The molecule has 0 aliphatic carbocycles. The molecule has 0 amide bonds. The molecule has 0 aromatic rings. The van der Waals surface area contributed by atoms with E-state index in [-0.39, 0.29) is 0 Å². The van der Waals surface area contributed by atoms with Crippen molar-refractivity contribution in [2.75, 3.05) is 0 Å². The average molecular weight is 236 g/mol. The maximum Gasteiger partial charge on any atom is 0.364 e. The predicted octanol–water partition coefficient (Wildman–Crippen LogP) is -0.273. The Kier molecular flexibility index (Phi) is 4.24. The highest BCUT2D eigenvalue weighted by Gasteiger charge is 2.35. The van der Waals surface area contributed by atoms with Gasteiger partial charge in [-0.25, -0.2) is 0 Å². The number of hydrogen-bond acceptors (Lipinski definition) is 3. The molecule has 0 saturated heterocycles. The van der Waals surface area contributed by atoms with Crippen molar-refractivity contribution in [2.45, 2.75) is 0 Å². The monoisotopic (exact) mass is 236 g/mol. The zero-order valence-corrected chi connectivity index (χ0v) is 8.31. The zero-order chi connectivity index (χ0) is 9.99. The van der Waals surface area contributed by atoms with Crippen LogP contribution in [0.1, 0.15) is 0 Å². The van der Waals surface area contributed by atoms with E-state index in [0.29, 0.717) is 5.82 Å². The molecule has 0 fully saturated rings. The molecule has 0 heterocycles. The Balaban J connectivity index is 5.11. The van der Waals surface area contributed by atoms with Crippen LogP contribution in [-0.2, 0) is 9.13 Å². The molecule has 5 N–H and O–H groups in total. The lowest BCUT2D eigenvalue weighted by Gasteiger charge is -2.09. The summed E-state index contributed by atoms with van der Waals surface area (Å²) in [5.41, 5.74) is 0. The lowest BCUT2D eigenvalue weighted by molar-refractivity contribution is 0.367. The molecule has 0 radical (unpaired) electrons. The SMILES string of the molecule is O=P(O)(O)C(=CPO)P(=O)(O)O. The first-order valence-corrected chi connectivity index (χ1v) is 6.66. The summed E-state index contributed by atoms with van der Waals surface area (Å²) in [7, 11) is -11.0. The van der Waals surface area contributed by atoms with Crippen molar-refractivity contribution in [1.82, 2.24) is 0 Å². The van der Waals surface area contributed by atoms with E-state index >= 15 is 0 Å². The minimum atomic E-state index is -4.97. The minimum Gasteiger partial charge on any atom is -0.373 e. The van der Waals surface area contributed by atoms with Crippen LogP contribution in [0.15, 0.2) is 10.9 Å². The largest absolute Gasteiger partial charge is 0.373 e. The summed E-state index contributed by atoms with van der Waals surface area (Å²) in [6.07, 6.45) is 0. The molecule has 72 valence electrons. The van der Waals surface area contributed by atoms with Crippen LogP contribution >= 0.6 is 24.0 Å². The third-order valence-corrected chi connectivity index (χ3v) is 4.71. The quantitative estimate of drug-likeness (QED) is 0.425. The molecule has 0 aliphatic rings. The van der Waals surface area contributed by atoms with E-state index in [1.165, 1.54) is 0 Å². The highest BCUT2D eigenvalue weighted by Crippen LogP contribution is 2.64. The van der Waals surface area contributed by atoms with Gasteiger partial charge in [-0.2, -0.15) is 0 Å². The van der Waals surface area contributed by atoms with Crippen LogP contribution in [0.4, 0.5) is 0 Å². The topological polar surface area (TPSA) is 135 Å². The van der Waals surface area contributed by atoms with Crippen LogP contribution in [0.2, 0.25) is 0 Å². The van der Waals surface area contributed by atoms with Gasteiger partial charge in [-0.15, -0.1) is 0 Å². The maximum absolute atomic E-state index is 10.4. The summed E-state index contributed by atoms with van der Waals surface area (Å²) in [5.74, 6) is 0.432. The smallest absolute Gasteiger partial charge is 0.364 e. The Morgan fingerprint density at radius 2 is 1.42 bits per heavy atom. The molecule has 0 rings (SSSR count). The van der Waals surface area contributed by atoms with E-state index in [2.05, 4.69) is 0 Å². The number of hydrogen-bond donors (Lipinski definition) is 5. The van der Waals surface area contributed by atoms with Crippen LogP contribution in [0.3, 0.4) is 0 Å². The maximum atomic E-state index is 10.4. The molecular weight excluding hydrogens is 229 g/mol. The van der Waals surface area contributed by atoms with E-state index in [1.807, 2.05) is 0 Å². The summed E-state index contributed by atoms with van der Waals surface area (Å²) < 4.78 is 20.8. The van der Waals surface area contributed by atoms with Gasteiger partial charge in [0.2, 0.25) is 0 Å². The molecule has 10 heteroatoms. The van der Waals surface area contributed by atoms with E-state index in [0.717, 1.165) is 0 Å². The van der Waals surface area contributed by atoms with Gasteiger partial charge < -0.3 is 24.5 Å². The predicted molar refractivity (Wildman–Crippen MR) is 42.7 cm³/mol. The van der Waals surface area contributed by atoms with Crippen molar-refractivity contribution in [3.05, 3.63) is 10.9 Å². The van der Waals surface area contributed by atoms with Crippen molar-refractivity contribution < 1.29 is 33.6 Å². The van der Waals surface area contributed by atoms with Crippen molar-refractivity contribution in [3.63, 3.8) is 0 Å². The molecule has 0 aromatic carbocycles. The normalized spacial score (nSPS) is 13.8. The van der Waals surface area contributed by atoms with E-state index in [9.17, 15) is 9.13 Å². The third kappa shape index (κ3) is 3.90. The summed E-state index contributed by atoms with van der Waals surface area (Å²) >= 11 is 0. The molecule has 0 saturated carbocycles. The molecule has 12 heavy (non-hydrogen) atoms. The fourth-order valence-electron chi connectivity index (χ4n) is 0.396. The molecule has 1 atom stereocenters. The summed E-state index contributed by atoms with van der Waals surface area (Å²) in [6, 6.07) is 0. The Morgan fingerprint density at radius 1 is 1.08 bits per heavy atom. The Labute approximate surface area is 69.3 Å². The Hall–Kier alpha value is 0.430. The minimum absolute atomic E-state index is 0.432. The second-order valence-electron chi connectivity index (χ2n) is 1.72. The highest BCUT2D eigenvalue weighted by molar-refractivity contribution is 7.77. The summed E-state index contributed by atoms with van der Waals surface area (Å²) in [5, 5.41) is -1.34. The average Bonchev–Trinajstić information content (AvgIpc) is 1.77. The summed E-state index contributed by atoms with van der Waals surface area (Å²) in [6.45, 7) is 0. The fourth-order valence-corrected chi connectivity index (χ4v) is 3.56. The van der Waals surface area contributed by atoms with Gasteiger partial charge in [0.25, 0.3) is 0 Å². The first-order chi connectivity index (χ1) is 5.19. The van der Waals surface area contributed by atoms with E-state index in [4.69, 9.17) is 24.5 Å². The molecule has 0 aliphatic heterocycles. The van der Waals surface area contributed by atoms with Gasteiger partial charge in [0.15, 0.2) is 5.06 Å². The second-order valence-corrected chi connectivity index (χ2v) is 5.76. The lowest BCUT2D eigenvalue weighted by atomic mass is 11.2. The molecule has 0 aromatic heterocycles. The zero-order valence-electron chi connectivity index (χ0n) is 5.52. The standard InChI is InChI=1S/C2H7O7P3/c3-10-1-2(11(4,5)6)12(7,8)9/h1,3,10H,(H2,4,5,6)(H2,7,8,9). The van der Waals surface area contributed by atoms with E-state index < -0.39 is 29.1 Å². The van der Waals surface area contributed by atoms with Gasteiger partial charge in [-0.3, -0.25) is 9.13 Å². The van der Waals surface area contributed by atoms with Crippen LogP contribution < -0.4 is 0 Å². The van der Waals surface area contributed by atoms with Gasteiger partial charge in [0.05, 0.1) is 0 Å². The molecule has 1 unspecified atom stereocenters. The first-order valence-electron chi connectivity index (χ1n) is 2.41. The van der Waals surface area contributed by atoms with Crippen LogP contribution in [0.25, 0.3) is 0 Å². The van der Waals surface area contributed by atoms with Gasteiger partial charge in [0.1, 0.15) is 0 Å². The third-order valence-electron chi connectivity index (χ3n) is 0.791. The first kappa shape index (κ1) is 12.4. The van der Waals surface area contributed by atoms with Crippen molar-refractivity contribution in [1.29, 1.82) is 0 Å². The van der Waals surface area contributed by atoms with Crippen LogP contribution in [0, 0.1) is 0 Å².